The van der Waals surface area contributed by atoms with Crippen molar-refractivity contribution in [1.82, 2.24) is 4.90 Å². The summed E-state index contributed by atoms with van der Waals surface area (Å²) in [4.78, 5) is 28.5. The second kappa shape index (κ2) is 13.9. The van der Waals surface area contributed by atoms with Crippen LogP contribution in [0.1, 0.15) is 34.0 Å². The molecule has 0 heterocycles. The normalized spacial score (nSPS) is 11.6. The summed E-state index contributed by atoms with van der Waals surface area (Å²) in [6.45, 7) is 2.96. The van der Waals surface area contributed by atoms with Crippen LogP contribution in [0.15, 0.2) is 109 Å². The van der Waals surface area contributed by atoms with Crippen molar-refractivity contribution in [3.8, 4) is 11.5 Å². The van der Waals surface area contributed by atoms with Gasteiger partial charge in [0.1, 0.15) is 13.2 Å². The Morgan fingerprint density at radius 3 is 1.74 bits per heavy atom. The molecule has 1 atom stereocenters. The van der Waals surface area contributed by atoms with Crippen LogP contribution in [0.25, 0.3) is 0 Å². The van der Waals surface area contributed by atoms with Crippen LogP contribution < -0.4 is 9.47 Å². The Balaban J connectivity index is 1.60. The fourth-order valence-corrected chi connectivity index (χ4v) is 4.19. The highest BCUT2D eigenvalue weighted by Crippen LogP contribution is 2.31. The second-order valence-electron chi connectivity index (χ2n) is 9.13. The molecule has 0 aliphatic carbocycles. The lowest BCUT2D eigenvalue weighted by atomic mass is 10.0. The van der Waals surface area contributed by atoms with E-state index in [1.54, 1.807) is 37.1 Å². The van der Waals surface area contributed by atoms with Gasteiger partial charge in [0.15, 0.2) is 23.3 Å². The average molecular weight is 524 g/mol. The number of benzene rings is 4. The fraction of sp³-hybridized carbons (Fsp3) is 0.212. The first-order valence-corrected chi connectivity index (χ1v) is 13.0. The minimum atomic E-state index is -1.11. The minimum Gasteiger partial charge on any atom is -0.485 e. The molecule has 0 bridgehead atoms. The lowest BCUT2D eigenvalue weighted by molar-refractivity contribution is -0.147. The van der Waals surface area contributed by atoms with E-state index in [2.05, 4.69) is 0 Å². The third kappa shape index (κ3) is 7.79. The number of carbonyl (C=O) groups is 2. The maximum atomic E-state index is 13.8. The number of esters is 1. The average Bonchev–Trinajstić information content (AvgIpc) is 2.97. The number of nitrogens with zero attached hydrogens (tertiary/aromatic N) is 1. The summed E-state index contributed by atoms with van der Waals surface area (Å²) in [6, 6.07) is 33.2. The van der Waals surface area contributed by atoms with Gasteiger partial charge in [0, 0.05) is 12.1 Å². The van der Waals surface area contributed by atoms with Crippen LogP contribution in [0, 0.1) is 0 Å². The molecule has 0 saturated heterocycles. The van der Waals surface area contributed by atoms with Crippen molar-refractivity contribution in [2.24, 2.45) is 0 Å². The maximum absolute atomic E-state index is 13.8. The van der Waals surface area contributed by atoms with E-state index in [1.165, 1.54) is 0 Å². The van der Waals surface area contributed by atoms with E-state index in [4.69, 9.17) is 14.2 Å². The van der Waals surface area contributed by atoms with Crippen LogP contribution in [0.2, 0.25) is 0 Å². The number of likely N-dealkylation sites (N-methyl/N-ethyl adjacent to an activating group) is 1. The first-order chi connectivity index (χ1) is 19.0. The fourth-order valence-electron chi connectivity index (χ4n) is 4.19. The lowest BCUT2D eigenvalue weighted by Gasteiger charge is -2.25. The van der Waals surface area contributed by atoms with Crippen LogP contribution >= 0.6 is 0 Å². The Bertz CT molecular complexity index is 1340. The molecule has 0 saturated carbocycles. The number of carbonyl (C=O) groups excluding carboxylic acids is 2. The minimum absolute atomic E-state index is 0.180. The van der Waals surface area contributed by atoms with Crippen LogP contribution in [-0.4, -0.2) is 36.3 Å². The molecule has 0 aromatic heterocycles. The van der Waals surface area contributed by atoms with Gasteiger partial charge in [0.05, 0.1) is 6.61 Å². The van der Waals surface area contributed by atoms with Gasteiger partial charge in [0.2, 0.25) is 0 Å². The molecule has 0 aliphatic heterocycles. The standard InChI is InChI=1S/C33H33NO5/c1-3-37-33(36)31(34(2)22-25-13-7-4-8-14-25)32(35)28-19-20-29(38-23-26-15-9-5-10-16-26)30(21-28)39-24-27-17-11-6-12-18-27/h4-21,31H,3,22-24H2,1-2H3. The van der Waals surface area contributed by atoms with Gasteiger partial charge in [-0.2, -0.15) is 0 Å². The first kappa shape index (κ1) is 27.6. The summed E-state index contributed by atoms with van der Waals surface area (Å²) in [5.41, 5.74) is 3.31. The second-order valence-corrected chi connectivity index (χ2v) is 9.13. The van der Waals surface area contributed by atoms with E-state index < -0.39 is 12.0 Å². The predicted octanol–water partition coefficient (Wildman–Crippen LogP) is 6.09. The highest BCUT2D eigenvalue weighted by atomic mass is 16.5. The molecule has 6 nitrogen and oxygen atoms in total. The summed E-state index contributed by atoms with van der Waals surface area (Å²) in [6.07, 6.45) is 0. The van der Waals surface area contributed by atoms with Crippen molar-refractivity contribution in [3.05, 3.63) is 131 Å². The Labute approximate surface area is 229 Å². The van der Waals surface area contributed by atoms with E-state index in [1.807, 2.05) is 91.0 Å². The first-order valence-electron chi connectivity index (χ1n) is 13.0. The summed E-state index contributed by atoms with van der Waals surface area (Å²) in [5, 5.41) is 0. The number of ketones is 1. The Hall–Kier alpha value is -4.42. The van der Waals surface area contributed by atoms with E-state index in [-0.39, 0.29) is 12.4 Å². The highest BCUT2D eigenvalue weighted by Gasteiger charge is 2.33. The van der Waals surface area contributed by atoms with E-state index in [0.29, 0.717) is 36.8 Å². The van der Waals surface area contributed by atoms with Gasteiger partial charge in [-0.3, -0.25) is 9.69 Å². The number of Topliss-reactive ketones (excluding diaryl/α,β-unsaturated/α-hetero) is 1. The Morgan fingerprint density at radius 1 is 0.692 bits per heavy atom. The number of hydrogen-bond donors (Lipinski definition) is 0. The lowest BCUT2D eigenvalue weighted by Crippen LogP contribution is -2.45. The van der Waals surface area contributed by atoms with Gasteiger partial charge in [0.25, 0.3) is 0 Å². The van der Waals surface area contributed by atoms with Gasteiger partial charge in [-0.05, 0) is 48.9 Å². The monoisotopic (exact) mass is 523 g/mol. The summed E-state index contributed by atoms with van der Waals surface area (Å²) >= 11 is 0. The number of rotatable bonds is 13. The van der Waals surface area contributed by atoms with Gasteiger partial charge in [-0.15, -0.1) is 0 Å². The summed E-state index contributed by atoms with van der Waals surface area (Å²) in [7, 11) is 1.75. The van der Waals surface area contributed by atoms with Crippen molar-refractivity contribution in [3.63, 3.8) is 0 Å². The smallest absolute Gasteiger partial charge is 0.331 e. The van der Waals surface area contributed by atoms with Gasteiger partial charge in [-0.25, -0.2) is 4.79 Å². The van der Waals surface area contributed by atoms with Crippen LogP contribution in [0.4, 0.5) is 0 Å². The number of hydrogen-bond acceptors (Lipinski definition) is 6. The molecule has 200 valence electrons. The number of ether oxygens (including phenoxy) is 3. The molecule has 39 heavy (non-hydrogen) atoms. The molecule has 6 heteroatoms. The predicted molar refractivity (Wildman–Crippen MR) is 151 cm³/mol. The molecule has 0 spiro atoms. The zero-order valence-electron chi connectivity index (χ0n) is 22.3. The molecule has 1 unspecified atom stereocenters. The zero-order chi connectivity index (χ0) is 27.5. The van der Waals surface area contributed by atoms with Crippen LogP contribution in [0.3, 0.4) is 0 Å². The quantitative estimate of drug-likeness (QED) is 0.120. The molecule has 4 aromatic carbocycles. The van der Waals surface area contributed by atoms with Crippen molar-refractivity contribution in [2.45, 2.75) is 32.7 Å². The Morgan fingerprint density at radius 2 is 1.21 bits per heavy atom. The topological polar surface area (TPSA) is 65.1 Å². The Kier molecular flexibility index (Phi) is 9.86. The highest BCUT2D eigenvalue weighted by molar-refractivity contribution is 6.12. The van der Waals surface area contributed by atoms with Gasteiger partial charge >= 0.3 is 5.97 Å². The molecule has 4 aromatic rings. The third-order valence-electron chi connectivity index (χ3n) is 6.18. The van der Waals surface area contributed by atoms with E-state index in [9.17, 15) is 9.59 Å². The molecule has 0 N–H and O–H groups in total. The van der Waals surface area contributed by atoms with Crippen molar-refractivity contribution in [2.75, 3.05) is 13.7 Å². The van der Waals surface area contributed by atoms with Gasteiger partial charge in [-0.1, -0.05) is 91.0 Å². The van der Waals surface area contributed by atoms with Crippen LogP contribution in [0.5, 0.6) is 11.5 Å². The van der Waals surface area contributed by atoms with Gasteiger partial charge < -0.3 is 14.2 Å². The molecule has 0 amide bonds. The van der Waals surface area contributed by atoms with E-state index >= 15 is 0 Å². The molecular weight excluding hydrogens is 490 g/mol. The SMILES string of the molecule is CCOC(=O)C(C(=O)c1ccc(OCc2ccccc2)c(OCc2ccccc2)c1)N(C)Cc1ccccc1. The van der Waals surface area contributed by atoms with Crippen LogP contribution in [-0.2, 0) is 29.3 Å². The summed E-state index contributed by atoms with van der Waals surface area (Å²) < 4.78 is 17.5. The van der Waals surface area contributed by atoms with E-state index in [0.717, 1.165) is 16.7 Å². The maximum Gasteiger partial charge on any atom is 0.331 e. The molecule has 4 rings (SSSR count). The molecule has 0 fully saturated rings. The van der Waals surface area contributed by atoms with Crippen molar-refractivity contribution >= 4 is 11.8 Å². The molecular formula is C33H33NO5. The molecule has 0 radical (unpaired) electrons. The zero-order valence-corrected chi connectivity index (χ0v) is 22.3. The third-order valence-corrected chi connectivity index (χ3v) is 6.18. The largest absolute Gasteiger partial charge is 0.485 e. The molecule has 0 aliphatic rings. The van der Waals surface area contributed by atoms with Crippen molar-refractivity contribution < 1.29 is 23.8 Å². The summed E-state index contributed by atoms with van der Waals surface area (Å²) in [5.74, 6) is -0.0197. The van der Waals surface area contributed by atoms with Crippen molar-refractivity contribution in [1.29, 1.82) is 0 Å².